The first-order valence-electron chi connectivity index (χ1n) is 7.05. The van der Waals surface area contributed by atoms with Crippen LogP contribution in [0.5, 0.6) is 5.75 Å². The summed E-state index contributed by atoms with van der Waals surface area (Å²) in [4.78, 5) is 2.29. The van der Waals surface area contributed by atoms with Gasteiger partial charge in [-0.1, -0.05) is 11.6 Å². The molecular formula is C15H24N2O2. The van der Waals surface area contributed by atoms with Crippen molar-refractivity contribution >= 4 is 0 Å². The fourth-order valence-electron chi connectivity index (χ4n) is 2.45. The molecule has 0 radical (unpaired) electrons. The number of ether oxygens (including phenoxy) is 1. The molecule has 106 valence electrons. The number of benzene rings is 1. The van der Waals surface area contributed by atoms with Gasteiger partial charge >= 0.3 is 0 Å². The van der Waals surface area contributed by atoms with E-state index in [1.807, 2.05) is 32.0 Å². The number of rotatable bonds is 5. The SMILES string of the molecule is CCOc1ccc(C)cc1C(O)CN1CCNCC1. The molecule has 2 N–H and O–H groups in total. The lowest BCUT2D eigenvalue weighted by atomic mass is 10.0. The van der Waals surface area contributed by atoms with E-state index in [1.54, 1.807) is 0 Å². The van der Waals surface area contributed by atoms with Gasteiger partial charge in [-0.15, -0.1) is 0 Å². The van der Waals surface area contributed by atoms with E-state index >= 15 is 0 Å². The van der Waals surface area contributed by atoms with Crippen molar-refractivity contribution in [3.63, 3.8) is 0 Å². The highest BCUT2D eigenvalue weighted by Crippen LogP contribution is 2.27. The van der Waals surface area contributed by atoms with Gasteiger partial charge in [-0.3, -0.25) is 4.90 Å². The van der Waals surface area contributed by atoms with Crippen molar-refractivity contribution in [2.75, 3.05) is 39.3 Å². The number of nitrogens with one attached hydrogen (secondary N) is 1. The summed E-state index contributed by atoms with van der Waals surface area (Å²) in [5, 5.41) is 13.8. The van der Waals surface area contributed by atoms with E-state index < -0.39 is 6.10 Å². The Labute approximate surface area is 115 Å². The normalized spacial score (nSPS) is 18.3. The first kappa shape index (κ1) is 14.3. The third-order valence-corrected chi connectivity index (χ3v) is 3.46. The predicted molar refractivity (Wildman–Crippen MR) is 76.6 cm³/mol. The highest BCUT2D eigenvalue weighted by molar-refractivity contribution is 5.38. The maximum absolute atomic E-state index is 10.5. The molecule has 4 heteroatoms. The van der Waals surface area contributed by atoms with Crippen LogP contribution in [0.1, 0.15) is 24.2 Å². The summed E-state index contributed by atoms with van der Waals surface area (Å²) in [5.41, 5.74) is 2.05. The van der Waals surface area contributed by atoms with Crippen LogP contribution in [0.15, 0.2) is 18.2 Å². The van der Waals surface area contributed by atoms with E-state index in [0.29, 0.717) is 13.2 Å². The molecule has 1 fully saturated rings. The summed E-state index contributed by atoms with van der Waals surface area (Å²) in [6.45, 7) is 9.28. The van der Waals surface area contributed by atoms with Crippen LogP contribution in [0, 0.1) is 6.92 Å². The highest BCUT2D eigenvalue weighted by atomic mass is 16.5. The molecule has 1 saturated heterocycles. The topological polar surface area (TPSA) is 44.7 Å². The number of aryl methyl sites for hydroxylation is 1. The number of β-amino-alcohol motifs (C(OH)–C–C–N with tert-alkyl or cyclic N) is 1. The zero-order valence-electron chi connectivity index (χ0n) is 11.9. The Balaban J connectivity index is 2.07. The van der Waals surface area contributed by atoms with Crippen LogP contribution < -0.4 is 10.1 Å². The van der Waals surface area contributed by atoms with E-state index in [-0.39, 0.29) is 0 Å². The van der Waals surface area contributed by atoms with Crippen LogP contribution in [-0.4, -0.2) is 49.3 Å². The van der Waals surface area contributed by atoms with Gasteiger partial charge in [0.25, 0.3) is 0 Å². The first-order chi connectivity index (χ1) is 9.20. The second-order valence-corrected chi connectivity index (χ2v) is 5.04. The average molecular weight is 264 g/mol. The molecule has 1 aromatic carbocycles. The summed E-state index contributed by atoms with van der Waals surface area (Å²) >= 11 is 0. The summed E-state index contributed by atoms with van der Waals surface area (Å²) in [5.74, 6) is 0.802. The Bertz CT molecular complexity index is 403. The van der Waals surface area contributed by atoms with E-state index in [9.17, 15) is 5.11 Å². The summed E-state index contributed by atoms with van der Waals surface area (Å²) in [7, 11) is 0. The monoisotopic (exact) mass is 264 g/mol. The number of piperazine rings is 1. The molecule has 1 heterocycles. The average Bonchev–Trinajstić information content (AvgIpc) is 2.42. The second kappa shape index (κ2) is 6.89. The maximum Gasteiger partial charge on any atom is 0.125 e. The van der Waals surface area contributed by atoms with E-state index in [2.05, 4.69) is 10.2 Å². The number of hydrogen-bond acceptors (Lipinski definition) is 4. The third kappa shape index (κ3) is 3.93. The van der Waals surface area contributed by atoms with Gasteiger partial charge in [0.1, 0.15) is 5.75 Å². The summed E-state index contributed by atoms with van der Waals surface area (Å²) < 4.78 is 5.61. The van der Waals surface area contributed by atoms with Gasteiger partial charge in [-0.2, -0.15) is 0 Å². The Morgan fingerprint density at radius 2 is 2.11 bits per heavy atom. The smallest absolute Gasteiger partial charge is 0.125 e. The Morgan fingerprint density at radius 1 is 1.37 bits per heavy atom. The van der Waals surface area contributed by atoms with Gasteiger partial charge in [0.2, 0.25) is 0 Å². The van der Waals surface area contributed by atoms with Crippen LogP contribution in [0.4, 0.5) is 0 Å². The minimum absolute atomic E-state index is 0.487. The van der Waals surface area contributed by atoms with E-state index in [0.717, 1.165) is 43.1 Å². The minimum Gasteiger partial charge on any atom is -0.493 e. The quantitative estimate of drug-likeness (QED) is 0.842. The fraction of sp³-hybridized carbons (Fsp3) is 0.600. The molecule has 0 saturated carbocycles. The van der Waals surface area contributed by atoms with E-state index in [4.69, 9.17) is 4.74 Å². The van der Waals surface area contributed by atoms with Crippen LogP contribution >= 0.6 is 0 Å². The molecular weight excluding hydrogens is 240 g/mol. The van der Waals surface area contributed by atoms with Gasteiger partial charge < -0.3 is 15.2 Å². The largest absolute Gasteiger partial charge is 0.493 e. The molecule has 1 unspecified atom stereocenters. The Hall–Kier alpha value is -1.10. The molecule has 0 aliphatic carbocycles. The number of hydrogen-bond donors (Lipinski definition) is 2. The number of aliphatic hydroxyl groups excluding tert-OH is 1. The molecule has 0 aromatic heterocycles. The zero-order valence-corrected chi connectivity index (χ0v) is 11.9. The van der Waals surface area contributed by atoms with Crippen molar-refractivity contribution in [2.45, 2.75) is 20.0 Å². The van der Waals surface area contributed by atoms with Crippen LogP contribution in [0.3, 0.4) is 0 Å². The zero-order chi connectivity index (χ0) is 13.7. The molecule has 4 nitrogen and oxygen atoms in total. The van der Waals surface area contributed by atoms with Gasteiger partial charge in [0.05, 0.1) is 12.7 Å². The molecule has 1 aromatic rings. The molecule has 0 bridgehead atoms. The molecule has 1 atom stereocenters. The Kier molecular flexibility index (Phi) is 5.19. The predicted octanol–water partition coefficient (Wildman–Crippen LogP) is 1.33. The van der Waals surface area contributed by atoms with Crippen molar-refractivity contribution in [3.05, 3.63) is 29.3 Å². The molecule has 2 rings (SSSR count). The lowest BCUT2D eigenvalue weighted by Crippen LogP contribution is -2.45. The van der Waals surface area contributed by atoms with Gasteiger partial charge in [0.15, 0.2) is 0 Å². The van der Waals surface area contributed by atoms with Gasteiger partial charge in [-0.25, -0.2) is 0 Å². The minimum atomic E-state index is -0.487. The van der Waals surface area contributed by atoms with Crippen LogP contribution in [0.25, 0.3) is 0 Å². The van der Waals surface area contributed by atoms with E-state index in [1.165, 1.54) is 0 Å². The van der Waals surface area contributed by atoms with Crippen molar-refractivity contribution in [1.29, 1.82) is 0 Å². The third-order valence-electron chi connectivity index (χ3n) is 3.46. The van der Waals surface area contributed by atoms with Crippen molar-refractivity contribution in [2.24, 2.45) is 0 Å². The molecule has 0 amide bonds. The molecule has 1 aliphatic rings. The van der Waals surface area contributed by atoms with Crippen molar-refractivity contribution < 1.29 is 9.84 Å². The molecule has 0 spiro atoms. The Morgan fingerprint density at radius 3 is 2.79 bits per heavy atom. The first-order valence-corrected chi connectivity index (χ1v) is 7.05. The van der Waals surface area contributed by atoms with Crippen molar-refractivity contribution in [3.8, 4) is 5.75 Å². The van der Waals surface area contributed by atoms with Crippen molar-refractivity contribution in [1.82, 2.24) is 10.2 Å². The highest BCUT2D eigenvalue weighted by Gasteiger charge is 2.18. The molecule has 19 heavy (non-hydrogen) atoms. The van der Waals surface area contributed by atoms with Crippen LogP contribution in [0.2, 0.25) is 0 Å². The second-order valence-electron chi connectivity index (χ2n) is 5.04. The number of aliphatic hydroxyl groups is 1. The van der Waals surface area contributed by atoms with Gasteiger partial charge in [-0.05, 0) is 26.0 Å². The standard InChI is InChI=1S/C15H24N2O2/c1-3-19-15-5-4-12(2)10-13(15)14(18)11-17-8-6-16-7-9-17/h4-5,10,14,16,18H,3,6-9,11H2,1-2H3. The summed E-state index contributed by atoms with van der Waals surface area (Å²) in [6.07, 6.45) is -0.487. The van der Waals surface area contributed by atoms with Crippen LogP contribution in [-0.2, 0) is 0 Å². The fourth-order valence-corrected chi connectivity index (χ4v) is 2.45. The lowest BCUT2D eigenvalue weighted by molar-refractivity contribution is 0.103. The number of nitrogens with zero attached hydrogens (tertiary/aromatic N) is 1. The maximum atomic E-state index is 10.5. The van der Waals surface area contributed by atoms with Gasteiger partial charge in [0, 0.05) is 38.3 Å². The summed E-state index contributed by atoms with van der Waals surface area (Å²) in [6, 6.07) is 6.00. The lowest BCUT2D eigenvalue weighted by Gasteiger charge is -2.29. The molecule has 1 aliphatic heterocycles.